The molecule has 0 heterocycles. The molecule has 1 aromatic rings. The number of methoxy groups -OCH3 is 1. The summed E-state index contributed by atoms with van der Waals surface area (Å²) in [6.07, 6.45) is 6.48. The molecule has 0 aliphatic heterocycles. The highest BCUT2D eigenvalue weighted by Crippen LogP contribution is 2.19. The summed E-state index contributed by atoms with van der Waals surface area (Å²) in [6.45, 7) is 4.31. The summed E-state index contributed by atoms with van der Waals surface area (Å²) >= 11 is 0. The number of allylic oxidation sites excluding steroid dienone is 1. The van der Waals surface area contributed by atoms with Crippen LogP contribution in [0.5, 0.6) is 5.75 Å². The van der Waals surface area contributed by atoms with Gasteiger partial charge in [0.2, 0.25) is 0 Å². The third-order valence-corrected chi connectivity index (χ3v) is 2.27. The van der Waals surface area contributed by atoms with Crippen molar-refractivity contribution in [1.29, 1.82) is 0 Å². The number of rotatable bonds is 4. The van der Waals surface area contributed by atoms with E-state index in [0.29, 0.717) is 0 Å². The SMILES string of the molecule is CC/C=C/c1cc(OC)ccc1CC. The molecule has 1 aromatic carbocycles. The van der Waals surface area contributed by atoms with Gasteiger partial charge in [0.1, 0.15) is 5.75 Å². The van der Waals surface area contributed by atoms with Crippen LogP contribution < -0.4 is 4.74 Å². The van der Waals surface area contributed by atoms with Crippen LogP contribution in [0, 0.1) is 0 Å². The molecule has 0 amide bonds. The van der Waals surface area contributed by atoms with E-state index >= 15 is 0 Å². The molecule has 0 fully saturated rings. The van der Waals surface area contributed by atoms with Gasteiger partial charge in [0.25, 0.3) is 0 Å². The molecule has 0 saturated carbocycles. The Hall–Kier alpha value is -1.24. The van der Waals surface area contributed by atoms with Gasteiger partial charge in [-0.15, -0.1) is 0 Å². The van der Waals surface area contributed by atoms with E-state index in [2.05, 4.69) is 38.1 Å². The summed E-state index contributed by atoms with van der Waals surface area (Å²) in [5.41, 5.74) is 2.64. The minimum Gasteiger partial charge on any atom is -0.497 e. The van der Waals surface area contributed by atoms with Gasteiger partial charge >= 0.3 is 0 Å². The van der Waals surface area contributed by atoms with E-state index in [1.54, 1.807) is 7.11 Å². The van der Waals surface area contributed by atoms with Crippen molar-refractivity contribution >= 4 is 6.08 Å². The smallest absolute Gasteiger partial charge is 0.119 e. The highest BCUT2D eigenvalue weighted by Gasteiger charge is 1.99. The monoisotopic (exact) mass is 190 g/mol. The minimum absolute atomic E-state index is 0.929. The number of hydrogen-bond acceptors (Lipinski definition) is 1. The molecule has 1 nitrogen and oxygen atoms in total. The van der Waals surface area contributed by atoms with E-state index in [1.807, 2.05) is 6.07 Å². The van der Waals surface area contributed by atoms with Crippen molar-refractivity contribution in [3.63, 3.8) is 0 Å². The average Bonchev–Trinajstić information content (AvgIpc) is 2.25. The van der Waals surface area contributed by atoms with Crippen LogP contribution in [0.2, 0.25) is 0 Å². The van der Waals surface area contributed by atoms with Gasteiger partial charge in [-0.3, -0.25) is 0 Å². The Balaban J connectivity index is 3.02. The Labute approximate surface area is 86.4 Å². The highest BCUT2D eigenvalue weighted by molar-refractivity contribution is 5.56. The molecule has 0 aromatic heterocycles. The number of ether oxygens (including phenoxy) is 1. The molecule has 0 N–H and O–H groups in total. The predicted octanol–water partition coefficient (Wildman–Crippen LogP) is 3.68. The van der Waals surface area contributed by atoms with Crippen LogP contribution in [0.25, 0.3) is 6.08 Å². The maximum atomic E-state index is 5.20. The Morgan fingerprint density at radius 3 is 2.64 bits per heavy atom. The Morgan fingerprint density at radius 1 is 1.29 bits per heavy atom. The van der Waals surface area contributed by atoms with Crippen LogP contribution in [0.1, 0.15) is 31.4 Å². The Kier molecular flexibility index (Phi) is 4.24. The third-order valence-electron chi connectivity index (χ3n) is 2.27. The maximum absolute atomic E-state index is 5.20. The Morgan fingerprint density at radius 2 is 2.07 bits per heavy atom. The van der Waals surface area contributed by atoms with Gasteiger partial charge in [-0.05, 0) is 36.1 Å². The second-order valence-electron chi connectivity index (χ2n) is 3.23. The normalized spacial score (nSPS) is 10.8. The molecule has 0 bridgehead atoms. The van der Waals surface area contributed by atoms with Crippen molar-refractivity contribution in [2.75, 3.05) is 7.11 Å². The Bertz CT molecular complexity index is 313. The van der Waals surface area contributed by atoms with Gasteiger partial charge in [0.05, 0.1) is 7.11 Å². The van der Waals surface area contributed by atoms with Crippen LogP contribution in [-0.4, -0.2) is 7.11 Å². The average molecular weight is 190 g/mol. The van der Waals surface area contributed by atoms with Crippen LogP contribution in [0.4, 0.5) is 0 Å². The molecular formula is C13H18O. The van der Waals surface area contributed by atoms with E-state index < -0.39 is 0 Å². The summed E-state index contributed by atoms with van der Waals surface area (Å²) in [6, 6.07) is 6.24. The van der Waals surface area contributed by atoms with Gasteiger partial charge in [-0.2, -0.15) is 0 Å². The standard InChI is InChI=1S/C13H18O/c1-4-6-7-12-10-13(14-3)9-8-11(12)5-2/h6-10H,4-5H2,1-3H3/b7-6+. The van der Waals surface area contributed by atoms with Crippen LogP contribution in [0.15, 0.2) is 24.3 Å². The summed E-state index contributed by atoms with van der Waals surface area (Å²) in [7, 11) is 1.70. The molecule has 1 rings (SSSR count). The van der Waals surface area contributed by atoms with E-state index in [1.165, 1.54) is 11.1 Å². The van der Waals surface area contributed by atoms with Crippen LogP contribution in [0.3, 0.4) is 0 Å². The van der Waals surface area contributed by atoms with Crippen molar-refractivity contribution in [3.8, 4) is 5.75 Å². The van der Waals surface area contributed by atoms with E-state index in [-0.39, 0.29) is 0 Å². The summed E-state index contributed by atoms with van der Waals surface area (Å²) in [5.74, 6) is 0.929. The maximum Gasteiger partial charge on any atom is 0.119 e. The fraction of sp³-hybridized carbons (Fsp3) is 0.385. The number of aryl methyl sites for hydroxylation is 1. The lowest BCUT2D eigenvalue weighted by atomic mass is 10.0. The number of benzene rings is 1. The van der Waals surface area contributed by atoms with Gasteiger partial charge in [0.15, 0.2) is 0 Å². The topological polar surface area (TPSA) is 9.23 Å². The largest absolute Gasteiger partial charge is 0.497 e. The first-order chi connectivity index (χ1) is 6.81. The first-order valence-corrected chi connectivity index (χ1v) is 5.15. The van der Waals surface area contributed by atoms with Gasteiger partial charge < -0.3 is 4.74 Å². The first-order valence-electron chi connectivity index (χ1n) is 5.15. The molecule has 0 unspecified atom stereocenters. The molecule has 0 atom stereocenters. The fourth-order valence-electron chi connectivity index (χ4n) is 1.42. The number of hydrogen-bond donors (Lipinski definition) is 0. The van der Waals surface area contributed by atoms with Gasteiger partial charge in [-0.25, -0.2) is 0 Å². The summed E-state index contributed by atoms with van der Waals surface area (Å²) < 4.78 is 5.20. The van der Waals surface area contributed by atoms with E-state index in [0.717, 1.165) is 18.6 Å². The van der Waals surface area contributed by atoms with Crippen LogP contribution in [-0.2, 0) is 6.42 Å². The molecule has 0 radical (unpaired) electrons. The molecule has 0 saturated heterocycles. The molecule has 0 spiro atoms. The zero-order valence-corrected chi connectivity index (χ0v) is 9.21. The van der Waals surface area contributed by atoms with Crippen molar-refractivity contribution < 1.29 is 4.74 Å². The zero-order valence-electron chi connectivity index (χ0n) is 9.21. The molecule has 0 aliphatic carbocycles. The summed E-state index contributed by atoms with van der Waals surface area (Å²) in [5, 5.41) is 0. The zero-order chi connectivity index (χ0) is 10.4. The van der Waals surface area contributed by atoms with Crippen molar-refractivity contribution in [2.24, 2.45) is 0 Å². The summed E-state index contributed by atoms with van der Waals surface area (Å²) in [4.78, 5) is 0. The second-order valence-corrected chi connectivity index (χ2v) is 3.23. The first kappa shape index (κ1) is 10.8. The third kappa shape index (κ3) is 2.63. The van der Waals surface area contributed by atoms with E-state index in [9.17, 15) is 0 Å². The molecule has 76 valence electrons. The van der Waals surface area contributed by atoms with Gasteiger partial charge in [0, 0.05) is 0 Å². The van der Waals surface area contributed by atoms with Crippen molar-refractivity contribution in [2.45, 2.75) is 26.7 Å². The molecule has 14 heavy (non-hydrogen) atoms. The predicted molar refractivity (Wildman–Crippen MR) is 61.7 cm³/mol. The van der Waals surface area contributed by atoms with Crippen molar-refractivity contribution in [3.05, 3.63) is 35.4 Å². The lowest BCUT2D eigenvalue weighted by Gasteiger charge is -2.06. The lowest BCUT2D eigenvalue weighted by Crippen LogP contribution is -1.89. The van der Waals surface area contributed by atoms with Gasteiger partial charge in [-0.1, -0.05) is 32.1 Å². The highest BCUT2D eigenvalue weighted by atomic mass is 16.5. The second kappa shape index (κ2) is 5.48. The lowest BCUT2D eigenvalue weighted by molar-refractivity contribution is 0.414. The fourth-order valence-corrected chi connectivity index (χ4v) is 1.42. The van der Waals surface area contributed by atoms with Crippen molar-refractivity contribution in [1.82, 2.24) is 0 Å². The van der Waals surface area contributed by atoms with Crippen LogP contribution >= 0.6 is 0 Å². The minimum atomic E-state index is 0.929. The van der Waals surface area contributed by atoms with E-state index in [4.69, 9.17) is 4.74 Å². The molecular weight excluding hydrogens is 172 g/mol. The molecule has 1 heteroatoms. The molecule has 0 aliphatic rings. The quantitative estimate of drug-likeness (QED) is 0.703.